The fraction of sp³-hybridized carbons (Fsp3) is 0.750. The lowest BCUT2D eigenvalue weighted by Crippen LogP contribution is -2.07. The number of allylic oxidation sites excluding steroid dienone is 2. The standard InChI is InChI=1S/C12H23O7P/c1-2-3-4-5-6-7-8-9-10-12(13)17-11-18-20(15,16)19-14/h2-3,14H,4-11H2,1H3,(H,15,16). The fourth-order valence-electron chi connectivity index (χ4n) is 1.48. The number of carbonyl (C=O) groups is 1. The van der Waals surface area contributed by atoms with Gasteiger partial charge in [0.1, 0.15) is 0 Å². The van der Waals surface area contributed by atoms with E-state index in [1.54, 1.807) is 0 Å². The van der Waals surface area contributed by atoms with Crippen molar-refractivity contribution in [1.82, 2.24) is 0 Å². The molecule has 0 aromatic carbocycles. The van der Waals surface area contributed by atoms with Gasteiger partial charge in [0.2, 0.25) is 6.79 Å². The summed E-state index contributed by atoms with van der Waals surface area (Å²) >= 11 is 0. The van der Waals surface area contributed by atoms with E-state index in [2.05, 4.69) is 20.0 Å². The molecule has 0 aliphatic carbocycles. The van der Waals surface area contributed by atoms with Crippen molar-refractivity contribution >= 4 is 13.8 Å². The first-order valence-electron chi connectivity index (χ1n) is 6.59. The van der Waals surface area contributed by atoms with Crippen LogP contribution in [0.25, 0.3) is 0 Å². The molecule has 0 aliphatic rings. The van der Waals surface area contributed by atoms with Crippen molar-refractivity contribution in [3.05, 3.63) is 12.2 Å². The number of hydrogen-bond donors (Lipinski definition) is 2. The molecule has 0 aromatic rings. The quantitative estimate of drug-likeness (QED) is 0.108. The summed E-state index contributed by atoms with van der Waals surface area (Å²) in [5.41, 5.74) is 0. The number of phosphoric ester groups is 1. The second-order valence-electron chi connectivity index (χ2n) is 4.19. The average molecular weight is 310 g/mol. The van der Waals surface area contributed by atoms with Gasteiger partial charge in [0.15, 0.2) is 0 Å². The molecular weight excluding hydrogens is 287 g/mol. The number of phosphoric acid groups is 1. The molecule has 0 aromatic heterocycles. The topological polar surface area (TPSA) is 102 Å². The Morgan fingerprint density at radius 3 is 2.50 bits per heavy atom. The Kier molecular flexibility index (Phi) is 11.6. The molecule has 0 rings (SSSR count). The van der Waals surface area contributed by atoms with E-state index >= 15 is 0 Å². The van der Waals surface area contributed by atoms with Crippen LogP contribution in [-0.4, -0.2) is 22.9 Å². The Hall–Kier alpha value is -0.720. The van der Waals surface area contributed by atoms with Gasteiger partial charge < -0.3 is 9.63 Å². The van der Waals surface area contributed by atoms with E-state index in [0.29, 0.717) is 6.42 Å². The second kappa shape index (κ2) is 12.1. The van der Waals surface area contributed by atoms with Crippen molar-refractivity contribution in [1.29, 1.82) is 0 Å². The van der Waals surface area contributed by atoms with E-state index in [4.69, 9.17) is 10.2 Å². The summed E-state index contributed by atoms with van der Waals surface area (Å²) in [6, 6.07) is 0. The third kappa shape index (κ3) is 12.3. The molecule has 0 spiro atoms. The van der Waals surface area contributed by atoms with Crippen LogP contribution in [-0.2, 0) is 23.3 Å². The Morgan fingerprint density at radius 1 is 1.20 bits per heavy atom. The predicted molar refractivity (Wildman–Crippen MR) is 72.7 cm³/mol. The first-order valence-corrected chi connectivity index (χ1v) is 8.08. The van der Waals surface area contributed by atoms with E-state index in [1.165, 1.54) is 0 Å². The van der Waals surface area contributed by atoms with Crippen molar-refractivity contribution in [2.24, 2.45) is 0 Å². The second-order valence-corrected chi connectivity index (χ2v) is 5.55. The van der Waals surface area contributed by atoms with Crippen LogP contribution < -0.4 is 0 Å². The van der Waals surface area contributed by atoms with Crippen LogP contribution in [0.2, 0.25) is 0 Å². The fourth-order valence-corrected chi connectivity index (χ4v) is 1.72. The van der Waals surface area contributed by atoms with E-state index < -0.39 is 20.6 Å². The number of unbranched alkanes of at least 4 members (excludes halogenated alkanes) is 5. The van der Waals surface area contributed by atoms with Crippen molar-refractivity contribution in [3.63, 3.8) is 0 Å². The molecule has 1 unspecified atom stereocenters. The lowest BCUT2D eigenvalue weighted by Gasteiger charge is -2.08. The molecule has 0 saturated carbocycles. The maximum Gasteiger partial charge on any atom is 0.502 e. The van der Waals surface area contributed by atoms with Gasteiger partial charge in [-0.3, -0.25) is 4.79 Å². The van der Waals surface area contributed by atoms with Gasteiger partial charge in [0, 0.05) is 6.42 Å². The van der Waals surface area contributed by atoms with Gasteiger partial charge >= 0.3 is 13.8 Å². The largest absolute Gasteiger partial charge is 0.502 e. The summed E-state index contributed by atoms with van der Waals surface area (Å²) in [4.78, 5) is 19.8. The van der Waals surface area contributed by atoms with Gasteiger partial charge in [-0.05, 0) is 26.2 Å². The smallest absolute Gasteiger partial charge is 0.438 e. The number of hydrogen-bond acceptors (Lipinski definition) is 6. The molecule has 0 aliphatic heterocycles. The highest BCUT2D eigenvalue weighted by atomic mass is 31.2. The zero-order chi connectivity index (χ0) is 15.3. The molecule has 1 atom stereocenters. The Morgan fingerprint density at radius 2 is 1.85 bits per heavy atom. The van der Waals surface area contributed by atoms with Crippen LogP contribution >= 0.6 is 7.82 Å². The highest BCUT2D eigenvalue weighted by molar-refractivity contribution is 7.47. The Labute approximate surface area is 119 Å². The van der Waals surface area contributed by atoms with E-state index in [9.17, 15) is 9.36 Å². The molecule has 0 amide bonds. The number of carbonyl (C=O) groups excluding carboxylic acids is 1. The summed E-state index contributed by atoms with van der Waals surface area (Å²) in [6.07, 6.45) is 10.5. The van der Waals surface area contributed by atoms with Gasteiger partial charge in [-0.1, -0.05) is 31.4 Å². The van der Waals surface area contributed by atoms with Crippen LogP contribution in [0.3, 0.4) is 0 Å². The first kappa shape index (κ1) is 19.3. The zero-order valence-corrected chi connectivity index (χ0v) is 12.6. The molecule has 7 nitrogen and oxygen atoms in total. The summed E-state index contributed by atoms with van der Waals surface area (Å²) in [6.45, 7) is 1.27. The van der Waals surface area contributed by atoms with Crippen LogP contribution in [0.1, 0.15) is 51.9 Å². The molecule has 0 fully saturated rings. The summed E-state index contributed by atoms with van der Waals surface area (Å²) < 4.78 is 22.5. The van der Waals surface area contributed by atoms with Crippen LogP contribution in [0.5, 0.6) is 0 Å². The van der Waals surface area contributed by atoms with Crippen molar-refractivity contribution in [2.75, 3.05) is 6.79 Å². The summed E-state index contributed by atoms with van der Waals surface area (Å²) in [5, 5.41) is 7.95. The van der Waals surface area contributed by atoms with Crippen molar-refractivity contribution in [3.8, 4) is 0 Å². The molecule has 20 heavy (non-hydrogen) atoms. The molecule has 0 heterocycles. The SMILES string of the molecule is CC=CCCCCCCCC(=O)OCOP(=O)(O)OO. The van der Waals surface area contributed by atoms with E-state index in [1.807, 2.05) is 13.0 Å². The van der Waals surface area contributed by atoms with Gasteiger partial charge in [0.25, 0.3) is 0 Å². The summed E-state index contributed by atoms with van der Waals surface area (Å²) in [7, 11) is -4.51. The molecule has 0 radical (unpaired) electrons. The lowest BCUT2D eigenvalue weighted by molar-refractivity contribution is -0.174. The zero-order valence-electron chi connectivity index (χ0n) is 11.7. The van der Waals surface area contributed by atoms with Gasteiger partial charge in [-0.25, -0.2) is 14.3 Å². The third-order valence-electron chi connectivity index (χ3n) is 2.53. The average Bonchev–Trinajstić information content (AvgIpc) is 2.41. The number of ether oxygens (including phenoxy) is 1. The number of esters is 1. The minimum atomic E-state index is -4.51. The highest BCUT2D eigenvalue weighted by Gasteiger charge is 2.21. The molecule has 118 valence electrons. The molecule has 0 bridgehead atoms. The molecule has 8 heteroatoms. The number of rotatable bonds is 12. The van der Waals surface area contributed by atoms with Crippen LogP contribution in [0.4, 0.5) is 0 Å². The minimum Gasteiger partial charge on any atom is -0.438 e. The monoisotopic (exact) mass is 310 g/mol. The highest BCUT2D eigenvalue weighted by Crippen LogP contribution is 2.41. The summed E-state index contributed by atoms with van der Waals surface area (Å²) in [5.74, 6) is -0.517. The van der Waals surface area contributed by atoms with Crippen LogP contribution in [0.15, 0.2) is 12.2 Å². The van der Waals surface area contributed by atoms with Gasteiger partial charge in [-0.15, -0.1) is 4.67 Å². The normalized spacial score (nSPS) is 14.3. The maximum absolute atomic E-state index is 11.2. The predicted octanol–water partition coefficient (Wildman–Crippen LogP) is 3.40. The lowest BCUT2D eigenvalue weighted by atomic mass is 10.1. The minimum absolute atomic E-state index is 0.230. The van der Waals surface area contributed by atoms with Crippen LogP contribution in [0, 0.1) is 0 Å². The maximum atomic E-state index is 11.2. The van der Waals surface area contributed by atoms with E-state index in [0.717, 1.165) is 32.1 Å². The molecule has 0 saturated heterocycles. The van der Waals surface area contributed by atoms with Crippen molar-refractivity contribution in [2.45, 2.75) is 51.9 Å². The Balaban J connectivity index is 3.39. The third-order valence-corrected chi connectivity index (χ3v) is 3.16. The first-order chi connectivity index (χ1) is 9.52. The molecule has 2 N–H and O–H groups in total. The Bertz CT molecular complexity index is 330. The van der Waals surface area contributed by atoms with Crippen molar-refractivity contribution < 1.29 is 33.4 Å². The van der Waals surface area contributed by atoms with Gasteiger partial charge in [0.05, 0.1) is 0 Å². The molecular formula is C12H23O7P. The van der Waals surface area contributed by atoms with E-state index in [-0.39, 0.29) is 6.42 Å². The van der Waals surface area contributed by atoms with Gasteiger partial charge in [-0.2, -0.15) is 0 Å².